The summed E-state index contributed by atoms with van der Waals surface area (Å²) >= 11 is 1.10. The third kappa shape index (κ3) is 3.74. The molecule has 0 saturated heterocycles. The molecule has 0 aliphatic heterocycles. The van der Waals surface area contributed by atoms with E-state index in [9.17, 15) is 13.6 Å². The highest BCUT2D eigenvalue weighted by molar-refractivity contribution is 8.00. The molecule has 3 rings (SSSR count). The lowest BCUT2D eigenvalue weighted by molar-refractivity contribution is -0.113. The van der Waals surface area contributed by atoms with E-state index >= 15 is 0 Å². The van der Waals surface area contributed by atoms with Crippen LogP contribution in [0.5, 0.6) is 0 Å². The van der Waals surface area contributed by atoms with Gasteiger partial charge in [-0.05, 0) is 30.3 Å². The Balaban J connectivity index is 1.66. The summed E-state index contributed by atoms with van der Waals surface area (Å²) in [5, 5.41) is 6.69. The van der Waals surface area contributed by atoms with Gasteiger partial charge < -0.3 is 5.32 Å². The van der Waals surface area contributed by atoms with Crippen molar-refractivity contribution in [3.05, 3.63) is 60.8 Å². The molecule has 0 fully saturated rings. The van der Waals surface area contributed by atoms with E-state index in [4.69, 9.17) is 0 Å². The van der Waals surface area contributed by atoms with E-state index in [0.717, 1.165) is 23.9 Å². The molecule has 0 aliphatic carbocycles. The van der Waals surface area contributed by atoms with Gasteiger partial charge in [0.15, 0.2) is 17.5 Å². The topological polar surface area (TPSA) is 72.7 Å². The van der Waals surface area contributed by atoms with Crippen LogP contribution in [-0.4, -0.2) is 31.4 Å². The minimum Gasteiger partial charge on any atom is -0.322 e. The number of rotatable bonds is 5. The first kappa shape index (κ1) is 16.1. The highest BCUT2D eigenvalue weighted by Gasteiger charge is 2.11. The van der Waals surface area contributed by atoms with E-state index in [-0.39, 0.29) is 11.7 Å². The Labute approximate surface area is 139 Å². The number of amides is 1. The molecule has 0 bridgehead atoms. The van der Waals surface area contributed by atoms with Gasteiger partial charge in [0, 0.05) is 11.1 Å². The molecule has 0 aliphatic rings. The van der Waals surface area contributed by atoms with Crippen LogP contribution in [0, 0.1) is 11.6 Å². The Morgan fingerprint density at radius 3 is 2.88 bits per heavy atom. The Kier molecular flexibility index (Phi) is 4.80. The van der Waals surface area contributed by atoms with Crippen molar-refractivity contribution in [3.8, 4) is 5.82 Å². The minimum absolute atomic E-state index is 0.0385. The molecule has 3 aromatic rings. The second-order valence-corrected chi connectivity index (χ2v) is 5.68. The zero-order chi connectivity index (χ0) is 16.9. The maximum Gasteiger partial charge on any atom is 0.234 e. The number of carbonyl (C=O) groups is 1. The number of carbonyl (C=O) groups excluding carboxylic acids is 1. The second-order valence-electron chi connectivity index (χ2n) is 4.63. The maximum atomic E-state index is 13.1. The van der Waals surface area contributed by atoms with E-state index < -0.39 is 11.6 Å². The Morgan fingerprint density at radius 1 is 1.25 bits per heavy atom. The average Bonchev–Trinajstić information content (AvgIpc) is 3.11. The number of hydrogen-bond acceptors (Lipinski definition) is 5. The molecule has 1 aromatic carbocycles. The summed E-state index contributed by atoms with van der Waals surface area (Å²) in [6.07, 6.45) is 4.40. The quantitative estimate of drug-likeness (QED) is 0.719. The zero-order valence-corrected chi connectivity index (χ0v) is 13.0. The number of pyridine rings is 1. The van der Waals surface area contributed by atoms with Crippen LogP contribution in [-0.2, 0) is 4.79 Å². The summed E-state index contributed by atoms with van der Waals surface area (Å²) in [5.74, 6) is -1.70. The third-order valence-electron chi connectivity index (χ3n) is 2.96. The first-order valence-corrected chi connectivity index (χ1v) is 7.80. The van der Waals surface area contributed by atoms with Crippen molar-refractivity contribution < 1.29 is 13.6 Å². The van der Waals surface area contributed by atoms with Crippen LogP contribution in [0.15, 0.2) is 54.1 Å². The van der Waals surface area contributed by atoms with Gasteiger partial charge in [-0.1, -0.05) is 0 Å². The SMILES string of the molecule is O=C(CSc1ccc(F)c(F)c1)Nc1cccnc1-n1cncn1. The lowest BCUT2D eigenvalue weighted by Gasteiger charge is -2.09. The minimum atomic E-state index is -0.943. The molecule has 122 valence electrons. The fraction of sp³-hybridized carbons (Fsp3) is 0.0667. The molecule has 24 heavy (non-hydrogen) atoms. The van der Waals surface area contributed by atoms with Crippen molar-refractivity contribution in [2.45, 2.75) is 4.90 Å². The number of nitrogens with zero attached hydrogens (tertiary/aromatic N) is 4. The molecule has 0 saturated carbocycles. The first-order chi connectivity index (χ1) is 11.6. The van der Waals surface area contributed by atoms with Crippen LogP contribution < -0.4 is 5.32 Å². The van der Waals surface area contributed by atoms with E-state index in [1.54, 1.807) is 18.3 Å². The fourth-order valence-corrected chi connectivity index (χ4v) is 2.62. The van der Waals surface area contributed by atoms with Gasteiger partial charge in [0.1, 0.15) is 12.7 Å². The van der Waals surface area contributed by atoms with Gasteiger partial charge in [-0.3, -0.25) is 4.79 Å². The predicted octanol–water partition coefficient (Wildman–Crippen LogP) is 2.67. The molecule has 2 heterocycles. The van der Waals surface area contributed by atoms with Crippen LogP contribution in [0.1, 0.15) is 0 Å². The van der Waals surface area contributed by atoms with Crippen molar-refractivity contribution in [3.63, 3.8) is 0 Å². The van der Waals surface area contributed by atoms with E-state index in [2.05, 4.69) is 20.4 Å². The molecule has 2 aromatic heterocycles. The number of aromatic nitrogens is 4. The van der Waals surface area contributed by atoms with Gasteiger partial charge in [-0.15, -0.1) is 11.8 Å². The summed E-state index contributed by atoms with van der Waals surface area (Å²) in [6, 6.07) is 6.86. The van der Waals surface area contributed by atoms with Crippen molar-refractivity contribution >= 4 is 23.4 Å². The normalized spacial score (nSPS) is 10.6. The molecule has 0 radical (unpaired) electrons. The molecule has 1 N–H and O–H groups in total. The van der Waals surface area contributed by atoms with Crippen molar-refractivity contribution in [2.75, 3.05) is 11.1 Å². The summed E-state index contributed by atoms with van der Waals surface area (Å²) in [7, 11) is 0. The molecular weight excluding hydrogens is 336 g/mol. The van der Waals surface area contributed by atoms with Crippen LogP contribution in [0.3, 0.4) is 0 Å². The number of benzene rings is 1. The molecule has 0 atom stereocenters. The number of halogens is 2. The Morgan fingerprint density at radius 2 is 2.12 bits per heavy atom. The molecular formula is C15H11F2N5OS. The Bertz CT molecular complexity index is 857. The number of nitrogens with one attached hydrogen (secondary N) is 1. The van der Waals surface area contributed by atoms with Crippen LogP contribution in [0.2, 0.25) is 0 Å². The summed E-state index contributed by atoms with van der Waals surface area (Å²) in [5.41, 5.74) is 0.471. The van der Waals surface area contributed by atoms with E-state index in [0.29, 0.717) is 16.4 Å². The third-order valence-corrected chi connectivity index (χ3v) is 3.95. The molecule has 0 spiro atoms. The smallest absolute Gasteiger partial charge is 0.234 e. The van der Waals surface area contributed by atoms with Crippen LogP contribution >= 0.6 is 11.8 Å². The lowest BCUT2D eigenvalue weighted by Crippen LogP contribution is -2.16. The zero-order valence-electron chi connectivity index (χ0n) is 12.2. The largest absolute Gasteiger partial charge is 0.322 e. The highest BCUT2D eigenvalue weighted by Crippen LogP contribution is 2.21. The van der Waals surface area contributed by atoms with Gasteiger partial charge in [0.05, 0.1) is 11.4 Å². The van der Waals surface area contributed by atoms with Crippen LogP contribution in [0.25, 0.3) is 5.82 Å². The number of hydrogen-bond donors (Lipinski definition) is 1. The van der Waals surface area contributed by atoms with E-state index in [1.165, 1.54) is 23.4 Å². The van der Waals surface area contributed by atoms with Crippen molar-refractivity contribution in [1.82, 2.24) is 19.7 Å². The van der Waals surface area contributed by atoms with Gasteiger partial charge in [-0.2, -0.15) is 5.10 Å². The van der Waals surface area contributed by atoms with Gasteiger partial charge in [-0.25, -0.2) is 23.4 Å². The molecule has 6 nitrogen and oxygen atoms in total. The molecule has 0 unspecified atom stereocenters. The number of anilines is 1. The summed E-state index contributed by atoms with van der Waals surface area (Å²) in [4.78, 5) is 20.6. The first-order valence-electron chi connectivity index (χ1n) is 6.81. The molecule has 1 amide bonds. The maximum absolute atomic E-state index is 13.1. The van der Waals surface area contributed by atoms with Crippen molar-refractivity contribution in [2.24, 2.45) is 0 Å². The predicted molar refractivity (Wildman–Crippen MR) is 84.9 cm³/mol. The van der Waals surface area contributed by atoms with E-state index in [1.807, 2.05) is 0 Å². The van der Waals surface area contributed by atoms with Crippen molar-refractivity contribution in [1.29, 1.82) is 0 Å². The second kappa shape index (κ2) is 7.18. The standard InChI is InChI=1S/C15H11F2N5OS/c16-11-4-3-10(6-12(11)17)24-7-14(23)21-13-2-1-5-19-15(13)22-9-18-8-20-22/h1-6,8-9H,7H2,(H,21,23). The average molecular weight is 347 g/mol. The lowest BCUT2D eigenvalue weighted by atomic mass is 10.3. The fourth-order valence-electron chi connectivity index (χ4n) is 1.90. The van der Waals surface area contributed by atoms with Gasteiger partial charge in [0.2, 0.25) is 5.91 Å². The Hall–Kier alpha value is -2.81. The number of thioether (sulfide) groups is 1. The monoisotopic (exact) mass is 347 g/mol. The highest BCUT2D eigenvalue weighted by atomic mass is 32.2. The van der Waals surface area contributed by atoms with Gasteiger partial charge in [0.25, 0.3) is 0 Å². The van der Waals surface area contributed by atoms with Gasteiger partial charge >= 0.3 is 0 Å². The summed E-state index contributed by atoms with van der Waals surface area (Å²) in [6.45, 7) is 0. The van der Waals surface area contributed by atoms with Crippen LogP contribution in [0.4, 0.5) is 14.5 Å². The molecule has 9 heteroatoms. The summed E-state index contributed by atoms with van der Waals surface area (Å²) < 4.78 is 27.5.